The van der Waals surface area contributed by atoms with Crippen LogP contribution in [0.1, 0.15) is 37.0 Å². The molecule has 1 rings (SSSR count). The zero-order valence-corrected chi connectivity index (χ0v) is 10.3. The first-order valence-electron chi connectivity index (χ1n) is 5.31. The minimum absolute atomic E-state index is 0.102. The maximum atomic E-state index is 11.7. The van der Waals surface area contributed by atoms with Crippen LogP contribution in [-0.2, 0) is 4.74 Å². The Kier molecular flexibility index (Phi) is 4.62. The van der Waals surface area contributed by atoms with E-state index in [4.69, 9.17) is 22.1 Å². The molecule has 1 atom stereocenters. The highest BCUT2D eigenvalue weighted by Gasteiger charge is 2.15. The van der Waals surface area contributed by atoms with Crippen LogP contribution in [0.5, 0.6) is 0 Å². The molecule has 0 aliphatic carbocycles. The zero-order valence-electron chi connectivity index (χ0n) is 9.50. The van der Waals surface area contributed by atoms with Crippen molar-refractivity contribution in [3.05, 3.63) is 28.8 Å². The van der Waals surface area contributed by atoms with E-state index in [-0.39, 0.29) is 11.1 Å². The van der Waals surface area contributed by atoms with E-state index in [1.807, 2.05) is 13.8 Å². The molecule has 0 radical (unpaired) electrons. The molecule has 3 nitrogen and oxygen atoms in total. The van der Waals surface area contributed by atoms with Crippen molar-refractivity contribution in [3.8, 4) is 0 Å². The number of benzene rings is 1. The second-order valence-corrected chi connectivity index (χ2v) is 4.09. The first kappa shape index (κ1) is 12.8. The van der Waals surface area contributed by atoms with Gasteiger partial charge in [0, 0.05) is 0 Å². The summed E-state index contributed by atoms with van der Waals surface area (Å²) in [4.78, 5) is 11.7. The number of nitrogen functional groups attached to an aromatic ring is 1. The molecule has 0 amide bonds. The van der Waals surface area contributed by atoms with Crippen molar-refractivity contribution < 1.29 is 9.53 Å². The lowest BCUT2D eigenvalue weighted by atomic mass is 10.2. The van der Waals surface area contributed by atoms with Gasteiger partial charge >= 0.3 is 5.97 Å². The van der Waals surface area contributed by atoms with Crippen molar-refractivity contribution in [2.75, 3.05) is 5.73 Å². The molecule has 88 valence electrons. The minimum atomic E-state index is -0.418. The fourth-order valence-electron chi connectivity index (χ4n) is 1.42. The zero-order chi connectivity index (χ0) is 12.1. The largest absolute Gasteiger partial charge is 0.459 e. The second kappa shape index (κ2) is 5.75. The van der Waals surface area contributed by atoms with E-state index in [2.05, 4.69) is 0 Å². The highest BCUT2D eigenvalue weighted by molar-refractivity contribution is 6.36. The Labute approximate surface area is 101 Å². The van der Waals surface area contributed by atoms with E-state index in [9.17, 15) is 4.79 Å². The van der Waals surface area contributed by atoms with Crippen LogP contribution < -0.4 is 5.73 Å². The number of nitrogens with two attached hydrogens (primary N) is 1. The standard InChI is InChI=1S/C12H16ClNO2/c1-3-5-8(2)16-12(15)9-6-4-7-10(14)11(9)13/h4,6-8H,3,5,14H2,1-2H3. The van der Waals surface area contributed by atoms with E-state index in [1.165, 1.54) is 0 Å². The summed E-state index contributed by atoms with van der Waals surface area (Å²) >= 11 is 5.92. The molecular weight excluding hydrogens is 226 g/mol. The van der Waals surface area contributed by atoms with Gasteiger partial charge in [0.25, 0.3) is 0 Å². The van der Waals surface area contributed by atoms with Crippen LogP contribution in [0.3, 0.4) is 0 Å². The molecule has 1 unspecified atom stereocenters. The third kappa shape index (κ3) is 3.14. The van der Waals surface area contributed by atoms with Crippen LogP contribution in [0.15, 0.2) is 18.2 Å². The number of esters is 1. The average Bonchev–Trinajstić information content (AvgIpc) is 2.22. The number of hydrogen-bond acceptors (Lipinski definition) is 3. The molecule has 16 heavy (non-hydrogen) atoms. The molecule has 0 spiro atoms. The van der Waals surface area contributed by atoms with Crippen molar-refractivity contribution in [2.45, 2.75) is 32.8 Å². The van der Waals surface area contributed by atoms with Gasteiger partial charge in [0.1, 0.15) is 0 Å². The predicted molar refractivity (Wildman–Crippen MR) is 65.6 cm³/mol. The molecule has 0 saturated heterocycles. The predicted octanol–water partition coefficient (Wildman–Crippen LogP) is 3.27. The number of rotatable bonds is 4. The normalized spacial score (nSPS) is 12.2. The van der Waals surface area contributed by atoms with Crippen molar-refractivity contribution in [1.29, 1.82) is 0 Å². The molecule has 0 aliphatic heterocycles. The number of carbonyl (C=O) groups is 1. The molecule has 1 aromatic rings. The van der Waals surface area contributed by atoms with Crippen LogP contribution in [0, 0.1) is 0 Å². The Hall–Kier alpha value is -1.22. The summed E-state index contributed by atoms with van der Waals surface area (Å²) in [7, 11) is 0. The molecular formula is C12H16ClNO2. The molecule has 0 aromatic heterocycles. The van der Waals surface area contributed by atoms with E-state index in [0.29, 0.717) is 11.3 Å². The van der Waals surface area contributed by atoms with Gasteiger partial charge in [-0.3, -0.25) is 0 Å². The highest BCUT2D eigenvalue weighted by Crippen LogP contribution is 2.24. The van der Waals surface area contributed by atoms with Gasteiger partial charge in [-0.25, -0.2) is 4.79 Å². The topological polar surface area (TPSA) is 52.3 Å². The van der Waals surface area contributed by atoms with Gasteiger partial charge in [-0.1, -0.05) is 31.0 Å². The first-order chi connectivity index (χ1) is 7.56. The summed E-state index contributed by atoms with van der Waals surface area (Å²) in [6.45, 7) is 3.90. The summed E-state index contributed by atoms with van der Waals surface area (Å²) in [6, 6.07) is 4.94. The number of ether oxygens (including phenoxy) is 1. The molecule has 4 heteroatoms. The molecule has 0 heterocycles. The summed E-state index contributed by atoms with van der Waals surface area (Å²) in [6.07, 6.45) is 1.71. The fraction of sp³-hybridized carbons (Fsp3) is 0.417. The van der Waals surface area contributed by atoms with E-state index < -0.39 is 5.97 Å². The Balaban J connectivity index is 2.77. The van der Waals surface area contributed by atoms with Crippen molar-refractivity contribution in [1.82, 2.24) is 0 Å². The summed E-state index contributed by atoms with van der Waals surface area (Å²) in [5, 5.41) is 0.260. The van der Waals surface area contributed by atoms with Crippen LogP contribution in [0.4, 0.5) is 5.69 Å². The monoisotopic (exact) mass is 241 g/mol. The van der Waals surface area contributed by atoms with Gasteiger partial charge < -0.3 is 10.5 Å². The second-order valence-electron chi connectivity index (χ2n) is 3.71. The van der Waals surface area contributed by atoms with E-state index >= 15 is 0 Å². The summed E-state index contributed by atoms with van der Waals surface area (Å²) in [5.74, 6) is -0.418. The number of hydrogen-bond donors (Lipinski definition) is 1. The van der Waals surface area contributed by atoms with Crippen LogP contribution in [-0.4, -0.2) is 12.1 Å². The van der Waals surface area contributed by atoms with Gasteiger partial charge in [0.15, 0.2) is 0 Å². The van der Waals surface area contributed by atoms with Crippen molar-refractivity contribution in [2.24, 2.45) is 0 Å². The lowest BCUT2D eigenvalue weighted by Crippen LogP contribution is -2.15. The van der Waals surface area contributed by atoms with Gasteiger partial charge in [0.2, 0.25) is 0 Å². The number of anilines is 1. The average molecular weight is 242 g/mol. The van der Waals surface area contributed by atoms with Gasteiger partial charge in [0.05, 0.1) is 22.4 Å². The molecule has 0 saturated carbocycles. The van der Waals surface area contributed by atoms with Crippen molar-refractivity contribution >= 4 is 23.3 Å². The molecule has 0 aliphatic rings. The Bertz CT molecular complexity index is 379. The van der Waals surface area contributed by atoms with E-state index in [0.717, 1.165) is 12.8 Å². The maximum Gasteiger partial charge on any atom is 0.339 e. The fourth-order valence-corrected chi connectivity index (χ4v) is 1.62. The van der Waals surface area contributed by atoms with Crippen molar-refractivity contribution in [3.63, 3.8) is 0 Å². The smallest absolute Gasteiger partial charge is 0.339 e. The first-order valence-corrected chi connectivity index (χ1v) is 5.69. The third-order valence-electron chi connectivity index (χ3n) is 2.25. The van der Waals surface area contributed by atoms with Gasteiger partial charge in [-0.15, -0.1) is 0 Å². The Morgan fingerprint density at radius 3 is 2.88 bits per heavy atom. The lowest BCUT2D eigenvalue weighted by molar-refractivity contribution is 0.0324. The minimum Gasteiger partial charge on any atom is -0.459 e. The Morgan fingerprint density at radius 2 is 2.25 bits per heavy atom. The number of carbonyl (C=O) groups excluding carboxylic acids is 1. The number of halogens is 1. The summed E-state index contributed by atoms with van der Waals surface area (Å²) < 4.78 is 5.23. The third-order valence-corrected chi connectivity index (χ3v) is 2.67. The Morgan fingerprint density at radius 1 is 1.56 bits per heavy atom. The molecule has 1 aromatic carbocycles. The maximum absolute atomic E-state index is 11.7. The molecule has 0 bridgehead atoms. The summed E-state index contributed by atoms with van der Waals surface area (Å²) in [5.41, 5.74) is 6.32. The lowest BCUT2D eigenvalue weighted by Gasteiger charge is -2.13. The van der Waals surface area contributed by atoms with E-state index in [1.54, 1.807) is 18.2 Å². The molecule has 2 N–H and O–H groups in total. The quantitative estimate of drug-likeness (QED) is 0.650. The van der Waals surface area contributed by atoms with Gasteiger partial charge in [-0.05, 0) is 25.5 Å². The molecule has 0 fully saturated rings. The van der Waals surface area contributed by atoms with Crippen LogP contribution in [0.2, 0.25) is 5.02 Å². The van der Waals surface area contributed by atoms with Gasteiger partial charge in [-0.2, -0.15) is 0 Å². The SMILES string of the molecule is CCCC(C)OC(=O)c1cccc(N)c1Cl. The van der Waals surface area contributed by atoms with Crippen LogP contribution >= 0.6 is 11.6 Å². The highest BCUT2D eigenvalue weighted by atomic mass is 35.5. The van der Waals surface area contributed by atoms with Crippen LogP contribution in [0.25, 0.3) is 0 Å².